The van der Waals surface area contributed by atoms with E-state index in [9.17, 15) is 8.42 Å². The van der Waals surface area contributed by atoms with Crippen LogP contribution >= 0.6 is 23.5 Å². The molecule has 0 atom stereocenters. The largest absolute Gasteiger partial charge is 0.493 e. The summed E-state index contributed by atoms with van der Waals surface area (Å²) >= 11 is 3.80. The van der Waals surface area contributed by atoms with E-state index in [1.54, 1.807) is 30.3 Å². The molecule has 0 unspecified atom stereocenters. The third-order valence-electron chi connectivity index (χ3n) is 3.80. The molecule has 0 bridgehead atoms. The van der Waals surface area contributed by atoms with Crippen LogP contribution in [-0.2, 0) is 10.1 Å². The summed E-state index contributed by atoms with van der Waals surface area (Å²) in [6.45, 7) is 1.90. The maximum absolute atomic E-state index is 12.5. The molecule has 1 saturated heterocycles. The van der Waals surface area contributed by atoms with Crippen LogP contribution in [0.4, 0.5) is 0 Å². The van der Waals surface area contributed by atoms with Crippen molar-refractivity contribution >= 4 is 33.6 Å². The monoisotopic (exact) mass is 396 g/mol. The van der Waals surface area contributed by atoms with Gasteiger partial charge in [0.25, 0.3) is 0 Å². The van der Waals surface area contributed by atoms with E-state index in [1.807, 2.05) is 42.6 Å². The summed E-state index contributed by atoms with van der Waals surface area (Å²) < 4.78 is 36.0. The number of hydrogen-bond acceptors (Lipinski definition) is 6. The van der Waals surface area contributed by atoms with Gasteiger partial charge in [0, 0.05) is 0 Å². The molecule has 4 nitrogen and oxygen atoms in total. The first-order valence-electron chi connectivity index (χ1n) is 7.92. The molecule has 134 valence electrons. The van der Waals surface area contributed by atoms with E-state index in [4.69, 9.17) is 8.92 Å². The van der Waals surface area contributed by atoms with Gasteiger partial charge in [0.1, 0.15) is 4.90 Å². The highest BCUT2D eigenvalue weighted by Crippen LogP contribution is 2.45. The summed E-state index contributed by atoms with van der Waals surface area (Å²) in [7, 11) is -2.37. The van der Waals surface area contributed by atoms with Crippen LogP contribution in [0.5, 0.6) is 11.5 Å². The number of benzene rings is 2. The highest BCUT2D eigenvalue weighted by Gasteiger charge is 2.22. The second kappa shape index (κ2) is 7.93. The SMILES string of the molecule is COc1cc(C2SCCCS2)ccc1OS(=O)(=O)c1ccc(C)cc1. The Balaban J connectivity index is 1.85. The number of thioether (sulfide) groups is 2. The van der Waals surface area contributed by atoms with E-state index < -0.39 is 10.1 Å². The molecule has 1 heterocycles. The van der Waals surface area contributed by atoms with Gasteiger partial charge in [-0.25, -0.2) is 0 Å². The van der Waals surface area contributed by atoms with Crippen molar-refractivity contribution in [2.45, 2.75) is 22.8 Å². The van der Waals surface area contributed by atoms with E-state index in [0.29, 0.717) is 10.3 Å². The molecule has 0 saturated carbocycles. The molecule has 0 radical (unpaired) electrons. The zero-order valence-electron chi connectivity index (χ0n) is 14.1. The average Bonchev–Trinajstić information content (AvgIpc) is 2.63. The van der Waals surface area contributed by atoms with E-state index in [2.05, 4.69) is 0 Å². The lowest BCUT2D eigenvalue weighted by Crippen LogP contribution is -2.10. The molecule has 2 aromatic carbocycles. The lowest BCUT2D eigenvalue weighted by atomic mass is 10.2. The molecule has 2 aromatic rings. The van der Waals surface area contributed by atoms with Crippen molar-refractivity contribution in [1.82, 2.24) is 0 Å². The first kappa shape index (κ1) is 18.5. The van der Waals surface area contributed by atoms with Gasteiger partial charge in [-0.1, -0.05) is 23.8 Å². The molecule has 3 rings (SSSR count). The van der Waals surface area contributed by atoms with Crippen molar-refractivity contribution in [3.63, 3.8) is 0 Å². The predicted octanol–water partition coefficient (Wildman–Crippen LogP) is 4.64. The Morgan fingerprint density at radius 2 is 1.68 bits per heavy atom. The summed E-state index contributed by atoms with van der Waals surface area (Å²) in [6.07, 6.45) is 1.22. The molecular formula is C18H20O4S3. The Hall–Kier alpha value is -1.31. The van der Waals surface area contributed by atoms with E-state index in [0.717, 1.165) is 22.6 Å². The third-order valence-corrected chi connectivity index (χ3v) is 8.06. The van der Waals surface area contributed by atoms with Gasteiger partial charge in [-0.15, -0.1) is 23.5 Å². The normalized spacial score (nSPS) is 15.8. The van der Waals surface area contributed by atoms with Crippen LogP contribution in [0.1, 0.15) is 22.1 Å². The summed E-state index contributed by atoms with van der Waals surface area (Å²) in [5.41, 5.74) is 2.11. The van der Waals surface area contributed by atoms with E-state index in [-0.39, 0.29) is 10.6 Å². The Labute approximate surface area is 157 Å². The van der Waals surface area contributed by atoms with Crippen molar-refractivity contribution in [2.75, 3.05) is 18.6 Å². The van der Waals surface area contributed by atoms with Crippen LogP contribution in [0.2, 0.25) is 0 Å². The summed E-state index contributed by atoms with van der Waals surface area (Å²) in [5.74, 6) is 2.91. The van der Waals surface area contributed by atoms with Gasteiger partial charge in [-0.2, -0.15) is 8.42 Å². The highest BCUT2D eigenvalue weighted by atomic mass is 32.2. The van der Waals surface area contributed by atoms with Crippen LogP contribution in [0.3, 0.4) is 0 Å². The lowest BCUT2D eigenvalue weighted by Gasteiger charge is -2.22. The standard InChI is InChI=1S/C18H20O4S3/c1-13-4-7-15(8-5-13)25(19,20)22-16-9-6-14(12-17(16)21-2)18-23-10-3-11-24-18/h4-9,12,18H,3,10-11H2,1-2H3. The number of hydrogen-bond donors (Lipinski definition) is 0. The molecule has 1 aliphatic heterocycles. The van der Waals surface area contributed by atoms with Gasteiger partial charge in [0.05, 0.1) is 11.7 Å². The molecule has 0 aromatic heterocycles. The molecule has 25 heavy (non-hydrogen) atoms. The molecule has 1 fully saturated rings. The van der Waals surface area contributed by atoms with Crippen molar-refractivity contribution in [3.05, 3.63) is 53.6 Å². The topological polar surface area (TPSA) is 52.6 Å². The number of ether oxygens (including phenoxy) is 1. The molecule has 0 spiro atoms. The second-order valence-electron chi connectivity index (χ2n) is 5.69. The average molecular weight is 397 g/mol. The van der Waals surface area contributed by atoms with E-state index >= 15 is 0 Å². The first-order chi connectivity index (χ1) is 12.0. The molecule has 1 aliphatic rings. The van der Waals surface area contributed by atoms with Crippen LogP contribution in [0, 0.1) is 6.92 Å². The van der Waals surface area contributed by atoms with Gasteiger partial charge in [0.2, 0.25) is 0 Å². The van der Waals surface area contributed by atoms with Crippen molar-refractivity contribution in [3.8, 4) is 11.5 Å². The van der Waals surface area contributed by atoms with Crippen molar-refractivity contribution < 1.29 is 17.3 Å². The lowest BCUT2D eigenvalue weighted by molar-refractivity contribution is 0.390. The fraction of sp³-hybridized carbons (Fsp3) is 0.333. The van der Waals surface area contributed by atoms with Gasteiger partial charge in [-0.05, 0) is 54.7 Å². The number of aryl methyl sites for hydroxylation is 1. The zero-order chi connectivity index (χ0) is 17.9. The van der Waals surface area contributed by atoms with Crippen molar-refractivity contribution in [2.24, 2.45) is 0 Å². The van der Waals surface area contributed by atoms with Crippen LogP contribution in [0.15, 0.2) is 47.4 Å². The van der Waals surface area contributed by atoms with Crippen LogP contribution in [-0.4, -0.2) is 27.0 Å². The third kappa shape index (κ3) is 4.46. The zero-order valence-corrected chi connectivity index (χ0v) is 16.5. The van der Waals surface area contributed by atoms with Gasteiger partial charge in [-0.3, -0.25) is 0 Å². The Morgan fingerprint density at radius 1 is 1.00 bits per heavy atom. The van der Waals surface area contributed by atoms with E-state index in [1.165, 1.54) is 13.5 Å². The minimum Gasteiger partial charge on any atom is -0.493 e. The quantitative estimate of drug-likeness (QED) is 0.686. The maximum atomic E-state index is 12.5. The minimum absolute atomic E-state index is 0.127. The summed E-state index contributed by atoms with van der Waals surface area (Å²) in [4.78, 5) is 0.127. The predicted molar refractivity (Wildman–Crippen MR) is 104 cm³/mol. The fourth-order valence-electron chi connectivity index (χ4n) is 2.45. The first-order valence-corrected chi connectivity index (χ1v) is 11.4. The highest BCUT2D eigenvalue weighted by molar-refractivity contribution is 8.16. The maximum Gasteiger partial charge on any atom is 0.339 e. The number of methoxy groups -OCH3 is 1. The Bertz CT molecular complexity index is 826. The Kier molecular flexibility index (Phi) is 5.86. The van der Waals surface area contributed by atoms with Crippen LogP contribution < -0.4 is 8.92 Å². The smallest absolute Gasteiger partial charge is 0.339 e. The Morgan fingerprint density at radius 3 is 2.32 bits per heavy atom. The molecular weight excluding hydrogens is 376 g/mol. The fourth-order valence-corrected chi connectivity index (χ4v) is 6.26. The van der Waals surface area contributed by atoms with Gasteiger partial charge in [0.15, 0.2) is 11.5 Å². The number of rotatable bonds is 5. The summed E-state index contributed by atoms with van der Waals surface area (Å²) in [6, 6.07) is 12.0. The molecule has 0 amide bonds. The molecule has 7 heteroatoms. The second-order valence-corrected chi connectivity index (χ2v) is 9.96. The van der Waals surface area contributed by atoms with Crippen molar-refractivity contribution in [1.29, 1.82) is 0 Å². The van der Waals surface area contributed by atoms with Gasteiger partial charge < -0.3 is 8.92 Å². The van der Waals surface area contributed by atoms with Crippen LogP contribution in [0.25, 0.3) is 0 Å². The minimum atomic E-state index is -3.89. The summed E-state index contributed by atoms with van der Waals surface area (Å²) in [5, 5.41) is 0. The molecule has 0 N–H and O–H groups in total. The van der Waals surface area contributed by atoms with Gasteiger partial charge >= 0.3 is 10.1 Å². The molecule has 0 aliphatic carbocycles.